The lowest BCUT2D eigenvalue weighted by molar-refractivity contribution is 0.0955. The molecule has 7 heteroatoms. The van der Waals surface area contributed by atoms with E-state index in [1.165, 1.54) is 13.3 Å². The minimum absolute atomic E-state index is 0.302. The van der Waals surface area contributed by atoms with E-state index < -0.39 is 5.91 Å². The molecule has 2 aromatic carbocycles. The average molecular weight is 393 g/mol. The highest BCUT2D eigenvalue weighted by Crippen LogP contribution is 2.36. The van der Waals surface area contributed by atoms with Gasteiger partial charge in [0.15, 0.2) is 11.5 Å². The predicted octanol–water partition coefficient (Wildman–Crippen LogP) is 4.64. The number of halogens is 2. The quantitative estimate of drug-likeness (QED) is 0.424. The Hall–Kier alpha value is -2.50. The molecule has 5 nitrogen and oxygen atoms in total. The summed E-state index contributed by atoms with van der Waals surface area (Å²) in [5, 5.41) is 4.66. The van der Waals surface area contributed by atoms with Gasteiger partial charge in [0.05, 0.1) is 28.9 Å². The molecule has 0 atom stereocenters. The Balaban J connectivity index is 2.13. The molecule has 2 rings (SSSR count). The second-order valence-corrected chi connectivity index (χ2v) is 6.13. The molecule has 0 bridgehead atoms. The highest BCUT2D eigenvalue weighted by molar-refractivity contribution is 6.34. The summed E-state index contributed by atoms with van der Waals surface area (Å²) in [7, 11) is 1.51. The van der Waals surface area contributed by atoms with Gasteiger partial charge in [-0.1, -0.05) is 41.9 Å². The third kappa shape index (κ3) is 5.00. The summed E-state index contributed by atoms with van der Waals surface area (Å²) in [6, 6.07) is 8.51. The lowest BCUT2D eigenvalue weighted by Crippen LogP contribution is -2.18. The molecule has 26 heavy (non-hydrogen) atoms. The smallest absolute Gasteiger partial charge is 0.272 e. The fourth-order valence-electron chi connectivity index (χ4n) is 2.13. The highest BCUT2D eigenvalue weighted by Gasteiger charge is 2.12. The first kappa shape index (κ1) is 19.8. The van der Waals surface area contributed by atoms with Crippen molar-refractivity contribution >= 4 is 35.3 Å². The van der Waals surface area contributed by atoms with Crippen molar-refractivity contribution in [1.29, 1.82) is 0 Å². The number of benzene rings is 2. The predicted molar refractivity (Wildman–Crippen MR) is 105 cm³/mol. The normalized spacial score (nSPS) is 10.6. The lowest BCUT2D eigenvalue weighted by Gasteiger charge is -2.11. The van der Waals surface area contributed by atoms with Crippen LogP contribution in [0.15, 0.2) is 48.1 Å². The molecule has 0 heterocycles. The van der Waals surface area contributed by atoms with Crippen LogP contribution in [0.4, 0.5) is 0 Å². The third-order valence-corrected chi connectivity index (χ3v) is 3.94. The van der Waals surface area contributed by atoms with Gasteiger partial charge in [-0.15, -0.1) is 0 Å². The molecule has 0 aliphatic rings. The van der Waals surface area contributed by atoms with Gasteiger partial charge in [-0.25, -0.2) is 5.43 Å². The monoisotopic (exact) mass is 392 g/mol. The summed E-state index contributed by atoms with van der Waals surface area (Å²) in [5.41, 5.74) is 4.38. The van der Waals surface area contributed by atoms with Gasteiger partial charge in [-0.05, 0) is 42.3 Å². The molecule has 0 spiro atoms. The molecule has 2 aromatic rings. The summed E-state index contributed by atoms with van der Waals surface area (Å²) >= 11 is 12.3. The maximum Gasteiger partial charge on any atom is 0.272 e. The standard InChI is InChI=1S/C19H18Cl2N2O3/c1-4-7-26-18-16(21)9-13(10-17(18)25-3)11-22-23-19(24)14-6-5-12(2)8-15(14)20/h4-6,8-11H,1,7H2,2-3H3,(H,23,24)/b22-11-. The van der Waals surface area contributed by atoms with Crippen LogP contribution in [-0.4, -0.2) is 25.8 Å². The van der Waals surface area contributed by atoms with E-state index in [0.717, 1.165) is 5.56 Å². The van der Waals surface area contributed by atoms with Crippen molar-refractivity contribution in [1.82, 2.24) is 5.43 Å². The molecule has 0 saturated heterocycles. The van der Waals surface area contributed by atoms with Crippen LogP contribution < -0.4 is 14.9 Å². The van der Waals surface area contributed by atoms with Crippen LogP contribution in [0.2, 0.25) is 10.0 Å². The Kier molecular flexibility index (Phi) is 7.06. The molecular formula is C19H18Cl2N2O3. The summed E-state index contributed by atoms with van der Waals surface area (Å²) in [6.45, 7) is 5.79. The van der Waals surface area contributed by atoms with Crippen LogP contribution in [0, 0.1) is 6.92 Å². The topological polar surface area (TPSA) is 59.9 Å². The fourth-order valence-corrected chi connectivity index (χ4v) is 2.72. The molecule has 0 aliphatic heterocycles. The van der Waals surface area contributed by atoms with E-state index in [1.807, 2.05) is 6.92 Å². The van der Waals surface area contributed by atoms with Gasteiger partial charge < -0.3 is 9.47 Å². The Morgan fingerprint density at radius 3 is 2.69 bits per heavy atom. The van der Waals surface area contributed by atoms with Crippen LogP contribution in [0.3, 0.4) is 0 Å². The molecule has 0 fully saturated rings. The second-order valence-electron chi connectivity index (χ2n) is 5.32. The third-order valence-electron chi connectivity index (χ3n) is 3.35. The first-order valence-electron chi connectivity index (χ1n) is 7.67. The van der Waals surface area contributed by atoms with E-state index in [1.54, 1.807) is 36.4 Å². The zero-order valence-electron chi connectivity index (χ0n) is 14.4. The summed E-state index contributed by atoms with van der Waals surface area (Å²) in [6.07, 6.45) is 3.06. The second kappa shape index (κ2) is 9.27. The molecular weight excluding hydrogens is 375 g/mol. The first-order valence-corrected chi connectivity index (χ1v) is 8.42. The number of hydrogen-bond donors (Lipinski definition) is 1. The Morgan fingerprint density at radius 1 is 1.27 bits per heavy atom. The number of rotatable bonds is 7. The number of ether oxygens (including phenoxy) is 2. The van der Waals surface area contributed by atoms with Gasteiger partial charge in [-0.3, -0.25) is 4.79 Å². The number of nitrogens with one attached hydrogen (secondary N) is 1. The highest BCUT2D eigenvalue weighted by atomic mass is 35.5. The number of amides is 1. The van der Waals surface area contributed by atoms with E-state index >= 15 is 0 Å². The lowest BCUT2D eigenvalue weighted by atomic mass is 10.1. The number of carbonyl (C=O) groups excluding carboxylic acids is 1. The Morgan fingerprint density at radius 2 is 2.04 bits per heavy atom. The summed E-state index contributed by atoms with van der Waals surface area (Å²) in [5.74, 6) is 0.464. The van der Waals surface area contributed by atoms with Crippen LogP contribution in [0.25, 0.3) is 0 Å². The molecule has 1 amide bonds. The summed E-state index contributed by atoms with van der Waals surface area (Å²) < 4.78 is 10.8. The van der Waals surface area contributed by atoms with Gasteiger partial charge in [0.1, 0.15) is 6.61 Å². The average Bonchev–Trinajstić information content (AvgIpc) is 2.60. The van der Waals surface area contributed by atoms with Gasteiger partial charge in [0.25, 0.3) is 5.91 Å². The van der Waals surface area contributed by atoms with Gasteiger partial charge in [-0.2, -0.15) is 5.10 Å². The number of hydrogen-bond acceptors (Lipinski definition) is 4. The van der Waals surface area contributed by atoms with E-state index in [4.69, 9.17) is 32.7 Å². The maximum atomic E-state index is 12.1. The first-order chi connectivity index (χ1) is 12.5. The number of methoxy groups -OCH3 is 1. The molecule has 0 unspecified atom stereocenters. The van der Waals surface area contributed by atoms with Crippen LogP contribution in [0.1, 0.15) is 21.5 Å². The molecule has 0 aliphatic carbocycles. The van der Waals surface area contributed by atoms with Crippen molar-refractivity contribution in [2.24, 2.45) is 5.10 Å². The summed E-state index contributed by atoms with van der Waals surface area (Å²) in [4.78, 5) is 12.1. The van der Waals surface area contributed by atoms with E-state index in [9.17, 15) is 4.79 Å². The molecule has 136 valence electrons. The van der Waals surface area contributed by atoms with Gasteiger partial charge >= 0.3 is 0 Å². The molecule has 1 N–H and O–H groups in total. The van der Waals surface area contributed by atoms with Crippen molar-refractivity contribution < 1.29 is 14.3 Å². The number of hydrazone groups is 1. The maximum absolute atomic E-state index is 12.1. The van der Waals surface area contributed by atoms with Crippen LogP contribution in [0.5, 0.6) is 11.5 Å². The van der Waals surface area contributed by atoms with Gasteiger partial charge in [0, 0.05) is 0 Å². The van der Waals surface area contributed by atoms with Crippen molar-refractivity contribution in [2.45, 2.75) is 6.92 Å². The van der Waals surface area contributed by atoms with Crippen LogP contribution in [-0.2, 0) is 0 Å². The number of nitrogens with zero attached hydrogens (tertiary/aromatic N) is 1. The SMILES string of the molecule is C=CCOc1c(Cl)cc(/C=N\NC(=O)c2ccc(C)cc2Cl)cc1OC. The van der Waals surface area contributed by atoms with Gasteiger partial charge in [0.2, 0.25) is 0 Å². The van der Waals surface area contributed by atoms with Crippen molar-refractivity contribution in [3.8, 4) is 11.5 Å². The van der Waals surface area contributed by atoms with E-state index in [0.29, 0.717) is 39.3 Å². The van der Waals surface area contributed by atoms with E-state index in [2.05, 4.69) is 17.1 Å². The zero-order valence-corrected chi connectivity index (χ0v) is 15.9. The van der Waals surface area contributed by atoms with Crippen molar-refractivity contribution in [2.75, 3.05) is 13.7 Å². The fraction of sp³-hybridized carbons (Fsp3) is 0.158. The van der Waals surface area contributed by atoms with Crippen molar-refractivity contribution in [3.05, 3.63) is 69.7 Å². The van der Waals surface area contributed by atoms with Crippen molar-refractivity contribution in [3.63, 3.8) is 0 Å². The number of carbonyl (C=O) groups is 1. The Bertz CT molecular complexity index is 851. The van der Waals surface area contributed by atoms with E-state index in [-0.39, 0.29) is 0 Å². The zero-order chi connectivity index (χ0) is 19.1. The molecule has 0 aromatic heterocycles. The van der Waals surface area contributed by atoms with Crippen LogP contribution >= 0.6 is 23.2 Å². The minimum Gasteiger partial charge on any atom is -0.493 e. The molecule has 0 saturated carbocycles. The molecule has 0 radical (unpaired) electrons. The Labute approximate surface area is 162 Å². The minimum atomic E-state index is -0.407. The largest absolute Gasteiger partial charge is 0.493 e. The number of aryl methyl sites for hydroxylation is 1.